The largest absolute Gasteiger partial charge is 0.366 e. The van der Waals surface area contributed by atoms with Gasteiger partial charge in [0, 0.05) is 0 Å². The molecule has 0 saturated carbocycles. The predicted molar refractivity (Wildman–Crippen MR) is 87.5 cm³/mol. The number of rotatable bonds is 13. The summed E-state index contributed by atoms with van der Waals surface area (Å²) in [6, 6.07) is 0. The van der Waals surface area contributed by atoms with Crippen LogP contribution >= 0.6 is 0 Å². The molecule has 0 bridgehead atoms. The molecule has 0 fully saturated rings. The second-order valence-corrected chi connectivity index (χ2v) is 5.55. The average molecular weight is 321 g/mol. The molecular formula is C15H31NO4S. The maximum absolute atomic E-state index is 10.1. The van der Waals surface area contributed by atoms with Gasteiger partial charge >= 0.3 is 0 Å². The number of hydrogen-bond donors (Lipinski definition) is 2. The van der Waals surface area contributed by atoms with E-state index in [1.54, 1.807) is 0 Å². The zero-order valence-electron chi connectivity index (χ0n) is 13.2. The molecule has 0 saturated heterocycles. The van der Waals surface area contributed by atoms with Gasteiger partial charge < -0.3 is 5.73 Å². The molecule has 21 heavy (non-hydrogen) atoms. The molecular weight excluding hydrogens is 290 g/mol. The molecule has 6 heteroatoms. The zero-order valence-corrected chi connectivity index (χ0v) is 14.1. The number of unbranched alkanes of at least 4 members (excludes halogenated alkanes) is 9. The first kappa shape index (κ1) is 22.4. The van der Waals surface area contributed by atoms with E-state index in [4.69, 9.17) is 0 Å². The number of nitrogens with two attached hydrogens (primary N) is 1. The Kier molecular flexibility index (Phi) is 20.4. The van der Waals surface area contributed by atoms with Crippen molar-refractivity contribution < 1.29 is 17.4 Å². The van der Waals surface area contributed by atoms with Crippen LogP contribution in [-0.2, 0) is 20.0 Å². The van der Waals surface area contributed by atoms with E-state index in [2.05, 4.69) is 23.4 Å². The molecule has 2 N–H and O–H groups in total. The fraction of sp³-hybridized carbons (Fsp3) is 0.800. The lowest BCUT2D eigenvalue weighted by molar-refractivity contribution is -0.113. The van der Waals surface area contributed by atoms with Crippen LogP contribution in [0.2, 0.25) is 0 Å². The van der Waals surface area contributed by atoms with E-state index in [9.17, 15) is 13.2 Å². The summed E-state index contributed by atoms with van der Waals surface area (Å²) in [5, 5.41) is 0. The first-order valence-electron chi connectivity index (χ1n) is 7.73. The van der Waals surface area contributed by atoms with Crippen molar-refractivity contribution in [3.63, 3.8) is 0 Å². The number of thiol groups is 1. The minimum absolute atomic E-state index is 0.356. The Morgan fingerprint density at radius 2 is 1.38 bits per heavy atom. The lowest BCUT2D eigenvalue weighted by Gasteiger charge is -2.01. The first-order valence-corrected chi connectivity index (χ1v) is 8.83. The Morgan fingerprint density at radius 1 is 1.00 bits per heavy atom. The van der Waals surface area contributed by atoms with E-state index in [1.807, 2.05) is 0 Å². The van der Waals surface area contributed by atoms with Gasteiger partial charge in [0.05, 0.1) is 6.61 Å². The summed E-state index contributed by atoms with van der Waals surface area (Å²) >= 11 is 0. The quantitative estimate of drug-likeness (QED) is 0.310. The summed E-state index contributed by atoms with van der Waals surface area (Å²) in [6.07, 6.45) is 13.6. The van der Waals surface area contributed by atoms with Crippen LogP contribution in [0.1, 0.15) is 71.1 Å². The zero-order chi connectivity index (χ0) is 16.3. The van der Waals surface area contributed by atoms with Crippen molar-refractivity contribution in [3.8, 4) is 0 Å². The maximum atomic E-state index is 10.1. The maximum Gasteiger partial charge on any atom is 0.257 e. The van der Waals surface area contributed by atoms with Gasteiger partial charge in [0.25, 0.3) is 11.0 Å². The lowest BCUT2D eigenvalue weighted by atomic mass is 10.1. The Hall–Kier alpha value is -0.880. The number of carbonyl (C=O) groups is 1. The number of carbonyl (C=O) groups excluding carboxylic acids is 1. The van der Waals surface area contributed by atoms with Crippen LogP contribution in [0, 0.1) is 0 Å². The number of amides is 1. The molecule has 0 aliphatic heterocycles. The van der Waals surface area contributed by atoms with Gasteiger partial charge in [-0.3, -0.25) is 8.98 Å². The van der Waals surface area contributed by atoms with Crippen LogP contribution in [0.15, 0.2) is 12.7 Å². The van der Waals surface area contributed by atoms with Gasteiger partial charge in [-0.05, 0) is 12.5 Å². The van der Waals surface area contributed by atoms with Gasteiger partial charge in [0.15, 0.2) is 0 Å². The highest BCUT2D eigenvalue weighted by Gasteiger charge is 1.93. The van der Waals surface area contributed by atoms with Crippen LogP contribution in [0.3, 0.4) is 0 Å². The molecule has 126 valence electrons. The van der Waals surface area contributed by atoms with Crippen LogP contribution < -0.4 is 5.73 Å². The lowest BCUT2D eigenvalue weighted by Crippen LogP contribution is -2.04. The molecule has 0 aliphatic carbocycles. The Bertz CT molecular complexity index is 309. The standard InChI is InChI=1S/C12H26O3S.C3H5NO/c1-2-3-4-5-6-7-8-9-10-11-12-15-16(13)14;1-2-3(4)5/h16H,2-12H2,1H3;2H,1H2,(H2,4,5). The Labute approximate surface area is 131 Å². The summed E-state index contributed by atoms with van der Waals surface area (Å²) in [6.45, 7) is 5.68. The third-order valence-electron chi connectivity index (χ3n) is 2.90. The topological polar surface area (TPSA) is 86.5 Å². The summed E-state index contributed by atoms with van der Waals surface area (Å²) in [5.41, 5.74) is 4.53. The van der Waals surface area contributed by atoms with Crippen molar-refractivity contribution in [2.24, 2.45) is 5.73 Å². The minimum atomic E-state index is -2.64. The number of hydrogen-bond acceptors (Lipinski definition) is 4. The Balaban J connectivity index is 0. The van der Waals surface area contributed by atoms with Crippen molar-refractivity contribution in [3.05, 3.63) is 12.7 Å². The van der Waals surface area contributed by atoms with Crippen LogP contribution in [0.4, 0.5) is 0 Å². The molecule has 0 atom stereocenters. The van der Waals surface area contributed by atoms with Crippen LogP contribution in [0.25, 0.3) is 0 Å². The summed E-state index contributed by atoms with van der Waals surface area (Å²) < 4.78 is 24.6. The van der Waals surface area contributed by atoms with E-state index in [0.29, 0.717) is 6.61 Å². The second kappa shape index (κ2) is 19.1. The van der Waals surface area contributed by atoms with Crippen molar-refractivity contribution in [1.29, 1.82) is 0 Å². The van der Waals surface area contributed by atoms with E-state index in [1.165, 1.54) is 51.4 Å². The van der Waals surface area contributed by atoms with Crippen molar-refractivity contribution in [2.75, 3.05) is 6.61 Å². The van der Waals surface area contributed by atoms with E-state index >= 15 is 0 Å². The van der Waals surface area contributed by atoms with Gasteiger partial charge in [-0.1, -0.05) is 71.3 Å². The van der Waals surface area contributed by atoms with Crippen LogP contribution in [-0.4, -0.2) is 20.9 Å². The molecule has 1 amide bonds. The van der Waals surface area contributed by atoms with Gasteiger partial charge in [0.1, 0.15) is 0 Å². The predicted octanol–water partition coefficient (Wildman–Crippen LogP) is 3.11. The fourth-order valence-corrected chi connectivity index (χ4v) is 2.01. The van der Waals surface area contributed by atoms with Gasteiger partial charge in [-0.25, -0.2) is 8.42 Å². The van der Waals surface area contributed by atoms with Gasteiger partial charge in [-0.2, -0.15) is 0 Å². The molecule has 0 radical (unpaired) electrons. The van der Waals surface area contributed by atoms with E-state index in [0.717, 1.165) is 18.9 Å². The minimum Gasteiger partial charge on any atom is -0.366 e. The van der Waals surface area contributed by atoms with Crippen molar-refractivity contribution >= 4 is 16.9 Å². The van der Waals surface area contributed by atoms with Crippen LogP contribution in [0.5, 0.6) is 0 Å². The smallest absolute Gasteiger partial charge is 0.257 e. The van der Waals surface area contributed by atoms with Gasteiger partial charge in [0.2, 0.25) is 5.91 Å². The molecule has 0 aromatic rings. The third kappa shape index (κ3) is 28.1. The normalized spacial score (nSPS) is 10.0. The summed E-state index contributed by atoms with van der Waals surface area (Å²) in [7, 11) is -2.64. The highest BCUT2D eigenvalue weighted by Crippen LogP contribution is 2.10. The molecule has 0 aromatic heterocycles. The molecule has 0 rings (SSSR count). The first-order chi connectivity index (χ1) is 10.0. The molecule has 0 heterocycles. The van der Waals surface area contributed by atoms with E-state index < -0.39 is 16.9 Å². The average Bonchev–Trinajstić information content (AvgIpc) is 2.45. The molecule has 0 unspecified atom stereocenters. The highest BCUT2D eigenvalue weighted by atomic mass is 32.2. The molecule has 0 aromatic carbocycles. The third-order valence-corrected chi connectivity index (χ3v) is 3.29. The summed E-state index contributed by atoms with van der Waals surface area (Å²) in [4.78, 5) is 9.47. The SMILES string of the molecule is C=CC(N)=O.CCCCCCCCCCCCO[SH](=O)=O. The number of primary amides is 1. The molecule has 0 aliphatic rings. The monoisotopic (exact) mass is 321 g/mol. The highest BCUT2D eigenvalue weighted by molar-refractivity contribution is 7.67. The Morgan fingerprint density at radius 3 is 1.71 bits per heavy atom. The molecule has 5 nitrogen and oxygen atoms in total. The van der Waals surface area contributed by atoms with E-state index in [-0.39, 0.29) is 0 Å². The van der Waals surface area contributed by atoms with Gasteiger partial charge in [-0.15, -0.1) is 0 Å². The second-order valence-electron chi connectivity index (χ2n) is 4.85. The fourth-order valence-electron chi connectivity index (χ4n) is 1.73. The van der Waals surface area contributed by atoms with Crippen molar-refractivity contribution in [1.82, 2.24) is 0 Å². The summed E-state index contributed by atoms with van der Waals surface area (Å²) in [5.74, 6) is -0.481. The van der Waals surface area contributed by atoms with Crippen molar-refractivity contribution in [2.45, 2.75) is 71.1 Å². The molecule has 0 spiro atoms.